The molecule has 2 N–H and O–H groups in total. The van der Waals surface area contributed by atoms with Gasteiger partial charge in [-0.2, -0.15) is 8.78 Å². The Morgan fingerprint density at radius 1 is 1.21 bits per heavy atom. The summed E-state index contributed by atoms with van der Waals surface area (Å²) in [6.45, 7) is 1.30. The third-order valence-corrected chi connectivity index (χ3v) is 5.70. The summed E-state index contributed by atoms with van der Waals surface area (Å²) in [4.78, 5) is 14.8. The van der Waals surface area contributed by atoms with E-state index in [1.54, 1.807) is 0 Å². The predicted molar refractivity (Wildman–Crippen MR) is 89.7 cm³/mol. The van der Waals surface area contributed by atoms with Crippen LogP contribution in [0.5, 0.6) is 0 Å². The van der Waals surface area contributed by atoms with E-state index in [0.717, 1.165) is 12.3 Å². The second kappa shape index (κ2) is 8.05. The van der Waals surface area contributed by atoms with E-state index < -0.39 is 55.8 Å². The molecule has 0 saturated carbocycles. The molecule has 0 spiro atoms. The van der Waals surface area contributed by atoms with E-state index in [-0.39, 0.29) is 22.9 Å². The Labute approximate surface area is 156 Å². The Morgan fingerprint density at radius 3 is 2.36 bits per heavy atom. The number of aryl methyl sites for hydroxylation is 1. The zero-order valence-electron chi connectivity index (χ0n) is 14.2. The van der Waals surface area contributed by atoms with Gasteiger partial charge in [-0.3, -0.25) is 9.78 Å². The average Bonchev–Trinajstić information content (AvgIpc) is 2.60. The summed E-state index contributed by atoms with van der Waals surface area (Å²) in [5.41, 5.74) is 3.35. The zero-order valence-corrected chi connectivity index (χ0v) is 15.0. The summed E-state index contributed by atoms with van der Waals surface area (Å²) in [6, 6.07) is 2.05. The van der Waals surface area contributed by atoms with Gasteiger partial charge in [-0.15, -0.1) is 0 Å². The number of aromatic nitrogens is 1. The average molecular weight is 420 g/mol. The molecular formula is C17H13F5N2O3S. The second-order valence-corrected chi connectivity index (χ2v) is 7.88. The van der Waals surface area contributed by atoms with E-state index in [1.807, 2.05) is 0 Å². The molecule has 1 atom stereocenters. The Balaban J connectivity index is 2.81. The molecule has 1 heterocycles. The van der Waals surface area contributed by atoms with Crippen LogP contribution in [0.4, 0.5) is 22.0 Å². The number of amides is 1. The maximum atomic E-state index is 14.3. The first-order valence-corrected chi connectivity index (χ1v) is 9.29. The lowest BCUT2D eigenvalue weighted by atomic mass is 10.00. The first-order valence-electron chi connectivity index (χ1n) is 7.58. The summed E-state index contributed by atoms with van der Waals surface area (Å²) in [7, 11) is -4.70. The highest BCUT2D eigenvalue weighted by atomic mass is 32.2. The number of sulfone groups is 1. The van der Waals surface area contributed by atoms with Gasteiger partial charge in [0.25, 0.3) is 12.0 Å². The van der Waals surface area contributed by atoms with Gasteiger partial charge < -0.3 is 5.73 Å². The second-order valence-electron chi connectivity index (χ2n) is 5.75. The van der Waals surface area contributed by atoms with E-state index in [1.165, 1.54) is 6.92 Å². The molecule has 1 unspecified atom stereocenters. The first kappa shape index (κ1) is 21.5. The van der Waals surface area contributed by atoms with Crippen LogP contribution in [-0.4, -0.2) is 25.1 Å². The van der Waals surface area contributed by atoms with Crippen molar-refractivity contribution >= 4 is 15.7 Å². The van der Waals surface area contributed by atoms with Crippen LogP contribution in [0.15, 0.2) is 36.6 Å². The van der Waals surface area contributed by atoms with Crippen molar-refractivity contribution in [3.05, 3.63) is 76.4 Å². The summed E-state index contributed by atoms with van der Waals surface area (Å²) in [5.74, 6) is -6.91. The minimum Gasteiger partial charge on any atom is -0.364 e. The standard InChI is InChI=1S/C17H13F5N2O3S/c1-8-6-12(17(23)25)24-7-9(8)16(28(26,27)5-4-13(20)21)14-10(18)2-3-11(19)15(14)22/h2-4,6-7,16H,5H2,1H3,(H2,23,25). The van der Waals surface area contributed by atoms with E-state index >= 15 is 0 Å². The van der Waals surface area contributed by atoms with E-state index in [2.05, 4.69) is 4.98 Å². The molecule has 0 aliphatic rings. The molecule has 1 aromatic carbocycles. The predicted octanol–water partition coefficient (Wildman–Crippen LogP) is 3.19. The molecule has 0 aliphatic heterocycles. The fourth-order valence-corrected chi connectivity index (χ4v) is 4.32. The number of halogens is 5. The van der Waals surface area contributed by atoms with Crippen LogP contribution < -0.4 is 5.73 Å². The van der Waals surface area contributed by atoms with Gasteiger partial charge in [0.15, 0.2) is 21.5 Å². The number of pyridine rings is 1. The van der Waals surface area contributed by atoms with Crippen molar-refractivity contribution in [1.29, 1.82) is 0 Å². The number of nitrogens with zero attached hydrogens (tertiary/aromatic N) is 1. The van der Waals surface area contributed by atoms with Crippen molar-refractivity contribution in [2.24, 2.45) is 5.73 Å². The van der Waals surface area contributed by atoms with E-state index in [9.17, 15) is 35.2 Å². The maximum Gasteiger partial charge on any atom is 0.267 e. The van der Waals surface area contributed by atoms with Crippen LogP contribution in [0.3, 0.4) is 0 Å². The normalized spacial score (nSPS) is 12.5. The van der Waals surface area contributed by atoms with Crippen molar-refractivity contribution < 1.29 is 35.2 Å². The van der Waals surface area contributed by atoms with Gasteiger partial charge >= 0.3 is 0 Å². The number of benzene rings is 1. The zero-order chi connectivity index (χ0) is 21.2. The van der Waals surface area contributed by atoms with Crippen LogP contribution in [0.25, 0.3) is 0 Å². The lowest BCUT2D eigenvalue weighted by Gasteiger charge is -2.21. The van der Waals surface area contributed by atoms with Crippen molar-refractivity contribution in [2.75, 3.05) is 5.75 Å². The Kier molecular flexibility index (Phi) is 6.17. The number of carbonyl (C=O) groups excluding carboxylic acids is 1. The molecule has 0 aliphatic carbocycles. The van der Waals surface area contributed by atoms with Crippen LogP contribution in [0.1, 0.15) is 32.4 Å². The highest BCUT2D eigenvalue weighted by molar-refractivity contribution is 7.92. The molecule has 1 amide bonds. The number of rotatable bonds is 6. The summed E-state index contributed by atoms with van der Waals surface area (Å²) >= 11 is 0. The monoisotopic (exact) mass is 420 g/mol. The molecule has 11 heteroatoms. The lowest BCUT2D eigenvalue weighted by molar-refractivity contribution is 0.0995. The van der Waals surface area contributed by atoms with Gasteiger partial charge in [-0.1, -0.05) is 0 Å². The lowest BCUT2D eigenvalue weighted by Crippen LogP contribution is -2.22. The molecule has 1 aromatic heterocycles. The molecule has 2 aromatic rings. The topological polar surface area (TPSA) is 90.1 Å². The molecule has 2 rings (SSSR count). The third-order valence-electron chi connectivity index (χ3n) is 3.86. The van der Waals surface area contributed by atoms with Crippen LogP contribution >= 0.6 is 0 Å². The smallest absolute Gasteiger partial charge is 0.267 e. The van der Waals surface area contributed by atoms with Gasteiger partial charge in [-0.25, -0.2) is 21.6 Å². The fourth-order valence-electron chi connectivity index (χ4n) is 2.56. The molecule has 0 radical (unpaired) electrons. The molecule has 0 saturated heterocycles. The minimum absolute atomic E-state index is 0.0325. The fraction of sp³-hybridized carbons (Fsp3) is 0.176. The van der Waals surface area contributed by atoms with Crippen molar-refractivity contribution in [3.63, 3.8) is 0 Å². The molecule has 5 nitrogen and oxygen atoms in total. The third kappa shape index (κ3) is 4.35. The molecule has 0 bridgehead atoms. The number of primary amides is 1. The molecule has 28 heavy (non-hydrogen) atoms. The SMILES string of the molecule is Cc1cc(C(N)=O)ncc1C(c1c(F)ccc(F)c1F)S(=O)(=O)CC=C(F)F. The number of carbonyl (C=O) groups is 1. The van der Waals surface area contributed by atoms with Gasteiger partial charge in [0, 0.05) is 11.8 Å². The molecule has 150 valence electrons. The highest BCUT2D eigenvalue weighted by Gasteiger charge is 2.36. The van der Waals surface area contributed by atoms with Crippen molar-refractivity contribution in [2.45, 2.75) is 12.2 Å². The van der Waals surface area contributed by atoms with E-state index in [0.29, 0.717) is 12.1 Å². The maximum absolute atomic E-state index is 14.3. The molecular weight excluding hydrogens is 407 g/mol. The largest absolute Gasteiger partial charge is 0.364 e. The Morgan fingerprint density at radius 2 is 1.82 bits per heavy atom. The first-order chi connectivity index (χ1) is 13.0. The van der Waals surface area contributed by atoms with Crippen LogP contribution in [0.2, 0.25) is 0 Å². The van der Waals surface area contributed by atoms with Gasteiger partial charge in [-0.05, 0) is 42.3 Å². The quantitative estimate of drug-likeness (QED) is 0.574. The van der Waals surface area contributed by atoms with Gasteiger partial charge in [0.05, 0.1) is 5.75 Å². The van der Waals surface area contributed by atoms with Crippen molar-refractivity contribution in [1.82, 2.24) is 4.98 Å². The van der Waals surface area contributed by atoms with Gasteiger partial charge in [0.2, 0.25) is 0 Å². The van der Waals surface area contributed by atoms with Gasteiger partial charge in [0.1, 0.15) is 16.8 Å². The summed E-state index contributed by atoms with van der Waals surface area (Å²) in [5, 5.41) is -2.19. The van der Waals surface area contributed by atoms with Crippen molar-refractivity contribution in [3.8, 4) is 0 Å². The Hall–Kier alpha value is -2.82. The summed E-state index contributed by atoms with van der Waals surface area (Å²) < 4.78 is 92.4. The van der Waals surface area contributed by atoms with E-state index in [4.69, 9.17) is 5.73 Å². The number of nitrogens with two attached hydrogens (primary N) is 1. The number of hydrogen-bond acceptors (Lipinski definition) is 4. The summed E-state index contributed by atoms with van der Waals surface area (Å²) in [6.07, 6.45) is -1.43. The minimum atomic E-state index is -4.70. The molecule has 0 fully saturated rings. The highest BCUT2D eigenvalue weighted by Crippen LogP contribution is 2.36. The van der Waals surface area contributed by atoms with Crippen LogP contribution in [0, 0.1) is 24.4 Å². The number of hydrogen-bond donors (Lipinski definition) is 1. The Bertz CT molecular complexity index is 1070. The van der Waals surface area contributed by atoms with Crippen LogP contribution in [-0.2, 0) is 9.84 Å².